The number of aryl methyl sites for hydroxylation is 2. The summed E-state index contributed by atoms with van der Waals surface area (Å²) in [6, 6.07) is 14.5. The molecule has 0 bridgehead atoms. The lowest BCUT2D eigenvalue weighted by Gasteiger charge is -2.11. The zero-order valence-electron chi connectivity index (χ0n) is 18.8. The van der Waals surface area contributed by atoms with E-state index in [0.29, 0.717) is 21.5 Å². The molecule has 1 amide bonds. The van der Waals surface area contributed by atoms with Gasteiger partial charge in [0, 0.05) is 22.5 Å². The van der Waals surface area contributed by atoms with Crippen molar-refractivity contribution in [2.75, 3.05) is 7.11 Å². The molecule has 0 fully saturated rings. The second kappa shape index (κ2) is 9.04. The Hall–Kier alpha value is -3.49. The highest BCUT2D eigenvalue weighted by Crippen LogP contribution is 2.34. The number of aromatic amines is 1. The van der Waals surface area contributed by atoms with Gasteiger partial charge in [0.25, 0.3) is 5.91 Å². The molecule has 0 atom stereocenters. The van der Waals surface area contributed by atoms with Crippen molar-refractivity contribution >= 4 is 38.2 Å². The first-order valence-corrected chi connectivity index (χ1v) is 12.2. The standard InChI is InChI=1S/C25H23ClN2O5S/c1-14-8-15(2)10-18(9-14)34(31,32)24-19-12-17(26)5-6-20(19)28-23(24)25(30)27-13-16-4-7-21(29)22(11-16)33-3/h4-12,28-29H,13H2,1-3H3,(H,27,30). The fourth-order valence-corrected chi connectivity index (χ4v) is 5.85. The number of amides is 1. The Kier molecular flexibility index (Phi) is 6.29. The molecule has 0 saturated carbocycles. The van der Waals surface area contributed by atoms with Crippen LogP contribution < -0.4 is 10.1 Å². The molecule has 1 aromatic heterocycles. The van der Waals surface area contributed by atoms with E-state index in [1.54, 1.807) is 36.4 Å². The summed E-state index contributed by atoms with van der Waals surface area (Å²) in [5.41, 5.74) is 2.65. The molecule has 9 heteroatoms. The third kappa shape index (κ3) is 4.47. The van der Waals surface area contributed by atoms with Crippen LogP contribution in [0.5, 0.6) is 11.5 Å². The number of aromatic hydroxyl groups is 1. The number of phenolic OH excluding ortho intramolecular Hbond substituents is 1. The van der Waals surface area contributed by atoms with Gasteiger partial charge in [0.1, 0.15) is 10.6 Å². The average Bonchev–Trinajstić information content (AvgIpc) is 3.17. The quantitative estimate of drug-likeness (QED) is 0.350. The summed E-state index contributed by atoms with van der Waals surface area (Å²) >= 11 is 6.17. The average molecular weight is 499 g/mol. The maximum Gasteiger partial charge on any atom is 0.269 e. The normalized spacial score (nSPS) is 11.5. The summed E-state index contributed by atoms with van der Waals surface area (Å²) in [6.07, 6.45) is 0. The van der Waals surface area contributed by atoms with Crippen molar-refractivity contribution < 1.29 is 23.1 Å². The Balaban J connectivity index is 1.79. The Morgan fingerprint density at radius 1 is 1.06 bits per heavy atom. The highest BCUT2D eigenvalue weighted by atomic mass is 35.5. The predicted octanol–water partition coefficient (Wildman–Crippen LogP) is 4.92. The van der Waals surface area contributed by atoms with Crippen molar-refractivity contribution in [2.24, 2.45) is 0 Å². The van der Waals surface area contributed by atoms with Crippen molar-refractivity contribution in [3.63, 3.8) is 0 Å². The van der Waals surface area contributed by atoms with E-state index in [4.69, 9.17) is 16.3 Å². The number of hydrogen-bond acceptors (Lipinski definition) is 5. The van der Waals surface area contributed by atoms with E-state index in [2.05, 4.69) is 10.3 Å². The third-order valence-corrected chi connectivity index (χ3v) is 7.46. The van der Waals surface area contributed by atoms with E-state index >= 15 is 0 Å². The molecule has 0 radical (unpaired) electrons. The number of rotatable bonds is 6. The number of H-pyrrole nitrogens is 1. The molecule has 4 rings (SSSR count). The van der Waals surface area contributed by atoms with Crippen LogP contribution >= 0.6 is 11.6 Å². The summed E-state index contributed by atoms with van der Waals surface area (Å²) in [7, 11) is -2.63. The number of hydrogen-bond donors (Lipinski definition) is 3. The zero-order chi connectivity index (χ0) is 24.6. The van der Waals surface area contributed by atoms with Gasteiger partial charge in [0.15, 0.2) is 11.5 Å². The summed E-state index contributed by atoms with van der Waals surface area (Å²) < 4.78 is 32.6. The SMILES string of the molecule is COc1cc(CNC(=O)c2[nH]c3ccc(Cl)cc3c2S(=O)(=O)c2cc(C)cc(C)c2)ccc1O. The Bertz CT molecular complexity index is 1510. The van der Waals surface area contributed by atoms with Crippen molar-refractivity contribution in [2.45, 2.75) is 30.2 Å². The van der Waals surface area contributed by atoms with E-state index in [-0.39, 0.29) is 33.5 Å². The molecule has 3 aromatic carbocycles. The van der Waals surface area contributed by atoms with Crippen molar-refractivity contribution in [1.29, 1.82) is 0 Å². The summed E-state index contributed by atoms with van der Waals surface area (Å²) in [4.78, 5) is 16.1. The number of benzene rings is 3. The molecule has 0 aliphatic carbocycles. The predicted molar refractivity (Wildman–Crippen MR) is 131 cm³/mol. The van der Waals surface area contributed by atoms with Gasteiger partial charge < -0.3 is 20.1 Å². The molecule has 176 valence electrons. The van der Waals surface area contributed by atoms with Crippen LogP contribution in [0.2, 0.25) is 5.02 Å². The molecule has 3 N–H and O–H groups in total. The topological polar surface area (TPSA) is 108 Å². The minimum Gasteiger partial charge on any atom is -0.504 e. The van der Waals surface area contributed by atoms with E-state index in [1.165, 1.54) is 19.2 Å². The van der Waals surface area contributed by atoms with Gasteiger partial charge in [0.2, 0.25) is 9.84 Å². The number of sulfone groups is 1. The van der Waals surface area contributed by atoms with Crippen LogP contribution in [0.4, 0.5) is 0 Å². The van der Waals surface area contributed by atoms with Crippen molar-refractivity contribution in [3.8, 4) is 11.5 Å². The molecule has 0 aliphatic rings. The maximum atomic E-state index is 13.8. The summed E-state index contributed by atoms with van der Waals surface area (Å²) in [5, 5.41) is 13.2. The number of fused-ring (bicyclic) bond motifs is 1. The van der Waals surface area contributed by atoms with E-state index < -0.39 is 15.7 Å². The fourth-order valence-electron chi connectivity index (χ4n) is 3.89. The molecule has 0 saturated heterocycles. The van der Waals surface area contributed by atoms with E-state index in [0.717, 1.165) is 11.1 Å². The first kappa shape index (κ1) is 23.7. The lowest BCUT2D eigenvalue weighted by Crippen LogP contribution is -2.25. The monoisotopic (exact) mass is 498 g/mol. The first-order chi connectivity index (χ1) is 16.1. The van der Waals surface area contributed by atoms with Crippen LogP contribution in [0, 0.1) is 13.8 Å². The Morgan fingerprint density at radius 2 is 1.76 bits per heavy atom. The number of phenols is 1. The number of carbonyl (C=O) groups is 1. The van der Waals surface area contributed by atoms with E-state index in [1.807, 2.05) is 19.9 Å². The highest BCUT2D eigenvalue weighted by Gasteiger charge is 2.30. The molecule has 4 aromatic rings. The number of nitrogens with one attached hydrogen (secondary N) is 2. The Labute approximate surface area is 202 Å². The largest absolute Gasteiger partial charge is 0.504 e. The van der Waals surface area contributed by atoms with Crippen LogP contribution in [-0.2, 0) is 16.4 Å². The molecule has 7 nitrogen and oxygen atoms in total. The lowest BCUT2D eigenvalue weighted by atomic mass is 10.2. The van der Waals surface area contributed by atoms with Gasteiger partial charge in [0.05, 0.1) is 12.0 Å². The van der Waals surface area contributed by atoms with Crippen LogP contribution in [0.25, 0.3) is 10.9 Å². The molecule has 1 heterocycles. The highest BCUT2D eigenvalue weighted by molar-refractivity contribution is 7.91. The van der Waals surface area contributed by atoms with Gasteiger partial charge in [-0.25, -0.2) is 8.42 Å². The second-order valence-electron chi connectivity index (χ2n) is 8.03. The van der Waals surface area contributed by atoms with Gasteiger partial charge in [-0.15, -0.1) is 0 Å². The summed E-state index contributed by atoms with van der Waals surface area (Å²) in [5.74, 6) is -0.348. The van der Waals surface area contributed by atoms with Crippen LogP contribution in [0.3, 0.4) is 0 Å². The third-order valence-electron chi connectivity index (χ3n) is 5.41. The van der Waals surface area contributed by atoms with Gasteiger partial charge in [-0.1, -0.05) is 23.7 Å². The molecule has 0 unspecified atom stereocenters. The zero-order valence-corrected chi connectivity index (χ0v) is 20.3. The first-order valence-electron chi connectivity index (χ1n) is 10.4. The number of ether oxygens (including phenoxy) is 1. The smallest absolute Gasteiger partial charge is 0.269 e. The number of halogens is 1. The summed E-state index contributed by atoms with van der Waals surface area (Å²) in [6.45, 7) is 3.73. The maximum absolute atomic E-state index is 13.8. The molecule has 0 aliphatic heterocycles. The lowest BCUT2D eigenvalue weighted by molar-refractivity contribution is 0.0943. The minimum absolute atomic E-state index is 0.0214. The number of methoxy groups -OCH3 is 1. The molecular weight excluding hydrogens is 476 g/mol. The Morgan fingerprint density at radius 3 is 2.44 bits per heavy atom. The molecule has 34 heavy (non-hydrogen) atoms. The number of aromatic nitrogens is 1. The van der Waals surface area contributed by atoms with Gasteiger partial charge in [-0.3, -0.25) is 4.79 Å². The number of carbonyl (C=O) groups excluding carboxylic acids is 1. The minimum atomic E-state index is -4.06. The van der Waals surface area contributed by atoms with Crippen molar-refractivity contribution in [1.82, 2.24) is 10.3 Å². The second-order valence-corrected chi connectivity index (χ2v) is 10.4. The van der Waals surface area contributed by atoms with Crippen LogP contribution in [0.15, 0.2) is 64.4 Å². The van der Waals surface area contributed by atoms with Crippen LogP contribution in [0.1, 0.15) is 27.2 Å². The molecular formula is C25H23ClN2O5S. The molecule has 0 spiro atoms. The van der Waals surface area contributed by atoms with Crippen LogP contribution in [-0.4, -0.2) is 31.5 Å². The van der Waals surface area contributed by atoms with Gasteiger partial charge in [-0.05, 0) is 73.0 Å². The fraction of sp³-hybridized carbons (Fsp3) is 0.160. The van der Waals surface area contributed by atoms with Crippen molar-refractivity contribution in [3.05, 3.63) is 82.0 Å². The van der Waals surface area contributed by atoms with Gasteiger partial charge in [-0.2, -0.15) is 0 Å². The van der Waals surface area contributed by atoms with E-state index in [9.17, 15) is 18.3 Å². The van der Waals surface area contributed by atoms with Gasteiger partial charge >= 0.3 is 0 Å².